The Morgan fingerprint density at radius 1 is 1.53 bits per heavy atom. The highest BCUT2D eigenvalue weighted by atomic mass is 19.4. The lowest BCUT2D eigenvalue weighted by atomic mass is 10.1. The maximum Gasteiger partial charge on any atom is 0.433 e. The second-order valence-electron chi connectivity index (χ2n) is 3.21. The van der Waals surface area contributed by atoms with Gasteiger partial charge in [0.1, 0.15) is 5.69 Å². The molecular weight excluding hydrogens is 233 g/mol. The van der Waals surface area contributed by atoms with E-state index >= 15 is 0 Å². The first-order valence-electron chi connectivity index (χ1n) is 4.62. The molecule has 0 saturated carbocycles. The number of rotatable bonds is 2. The van der Waals surface area contributed by atoms with Crippen molar-refractivity contribution in [2.24, 2.45) is 0 Å². The number of aryl methyl sites for hydroxylation is 1. The molecule has 3 nitrogen and oxygen atoms in total. The van der Waals surface area contributed by atoms with Crippen molar-refractivity contribution in [1.82, 2.24) is 10.3 Å². The molecule has 0 saturated heterocycles. The van der Waals surface area contributed by atoms with Crippen molar-refractivity contribution in [3.05, 3.63) is 29.1 Å². The zero-order chi connectivity index (χ0) is 13.1. The maximum absolute atomic E-state index is 12.3. The van der Waals surface area contributed by atoms with E-state index in [4.69, 9.17) is 6.42 Å². The molecule has 0 fully saturated rings. The number of hydrogen-bond donors (Lipinski definition) is 1. The minimum absolute atomic E-state index is 0.00865. The third-order valence-electron chi connectivity index (χ3n) is 1.97. The highest BCUT2D eigenvalue weighted by Gasteiger charge is 2.32. The predicted molar refractivity (Wildman–Crippen MR) is 55.1 cm³/mol. The van der Waals surface area contributed by atoms with Crippen molar-refractivity contribution >= 4 is 5.91 Å². The van der Waals surface area contributed by atoms with Gasteiger partial charge in [0.2, 0.25) is 0 Å². The van der Waals surface area contributed by atoms with Crippen molar-refractivity contribution in [2.45, 2.75) is 13.1 Å². The first-order chi connectivity index (χ1) is 7.86. The van der Waals surface area contributed by atoms with Crippen LogP contribution in [-0.4, -0.2) is 17.4 Å². The molecule has 0 atom stereocenters. The molecule has 0 radical (unpaired) electrons. The fourth-order valence-corrected chi connectivity index (χ4v) is 1.19. The third-order valence-corrected chi connectivity index (χ3v) is 1.97. The van der Waals surface area contributed by atoms with Crippen LogP contribution in [0.25, 0.3) is 0 Å². The van der Waals surface area contributed by atoms with Gasteiger partial charge in [0, 0.05) is 0 Å². The summed E-state index contributed by atoms with van der Waals surface area (Å²) in [6.45, 7) is 1.35. The number of pyridine rings is 1. The van der Waals surface area contributed by atoms with Gasteiger partial charge < -0.3 is 5.32 Å². The van der Waals surface area contributed by atoms with Gasteiger partial charge >= 0.3 is 6.18 Å². The quantitative estimate of drug-likeness (QED) is 0.803. The molecule has 1 heterocycles. The second-order valence-corrected chi connectivity index (χ2v) is 3.21. The van der Waals surface area contributed by atoms with E-state index in [0.29, 0.717) is 0 Å². The van der Waals surface area contributed by atoms with Crippen molar-refractivity contribution in [3.63, 3.8) is 0 Å². The molecule has 0 unspecified atom stereocenters. The van der Waals surface area contributed by atoms with E-state index in [-0.39, 0.29) is 17.8 Å². The number of terminal acetylenes is 1. The molecule has 0 spiro atoms. The number of nitrogens with one attached hydrogen (secondary N) is 1. The Bertz CT molecular complexity index is 475. The van der Waals surface area contributed by atoms with Crippen LogP contribution < -0.4 is 5.32 Å². The monoisotopic (exact) mass is 242 g/mol. The summed E-state index contributed by atoms with van der Waals surface area (Å²) >= 11 is 0. The Kier molecular flexibility index (Phi) is 3.73. The first kappa shape index (κ1) is 13.0. The zero-order valence-electron chi connectivity index (χ0n) is 8.93. The van der Waals surface area contributed by atoms with Crippen LogP contribution in [0, 0.1) is 19.3 Å². The molecule has 1 N–H and O–H groups in total. The minimum atomic E-state index is -4.52. The molecule has 90 valence electrons. The highest BCUT2D eigenvalue weighted by molar-refractivity contribution is 5.95. The number of aromatic nitrogens is 1. The standard InChI is InChI=1S/C11H9F3N2O/c1-3-6-15-10(17)8-4-5-9(11(12,13)14)16-7(8)2/h1,4-5H,6H2,2H3,(H,15,17). The minimum Gasteiger partial charge on any atom is -0.341 e. The molecule has 0 aliphatic carbocycles. The smallest absolute Gasteiger partial charge is 0.341 e. The van der Waals surface area contributed by atoms with Crippen LogP contribution in [0.2, 0.25) is 0 Å². The van der Waals surface area contributed by atoms with Crippen molar-refractivity contribution < 1.29 is 18.0 Å². The summed E-state index contributed by atoms with van der Waals surface area (Å²) in [5.41, 5.74) is -0.939. The Balaban J connectivity index is 2.99. The summed E-state index contributed by atoms with van der Waals surface area (Å²) in [6, 6.07) is 1.84. The summed E-state index contributed by atoms with van der Waals surface area (Å²) < 4.78 is 36.9. The van der Waals surface area contributed by atoms with Crippen molar-refractivity contribution in [3.8, 4) is 12.3 Å². The van der Waals surface area contributed by atoms with Gasteiger partial charge in [-0.1, -0.05) is 5.92 Å². The summed E-state index contributed by atoms with van der Waals surface area (Å²) in [6.07, 6.45) is 0.430. The molecule has 0 aliphatic rings. The summed E-state index contributed by atoms with van der Waals surface area (Å²) in [5, 5.41) is 2.35. The van der Waals surface area contributed by atoms with Gasteiger partial charge in [-0.2, -0.15) is 13.2 Å². The van der Waals surface area contributed by atoms with Crippen molar-refractivity contribution in [1.29, 1.82) is 0 Å². The number of alkyl halides is 3. The maximum atomic E-state index is 12.3. The Hall–Kier alpha value is -2.03. The third kappa shape index (κ3) is 3.21. The van der Waals surface area contributed by atoms with Crippen LogP contribution in [0.5, 0.6) is 0 Å². The summed E-state index contributed by atoms with van der Waals surface area (Å²) in [7, 11) is 0. The predicted octanol–water partition coefficient (Wildman–Crippen LogP) is 1.77. The largest absolute Gasteiger partial charge is 0.433 e. The van der Waals surface area contributed by atoms with Crippen LogP contribution in [0.15, 0.2) is 12.1 Å². The molecule has 17 heavy (non-hydrogen) atoms. The van der Waals surface area contributed by atoms with Gasteiger partial charge in [-0.05, 0) is 19.1 Å². The van der Waals surface area contributed by atoms with E-state index < -0.39 is 17.8 Å². The number of carbonyl (C=O) groups is 1. The summed E-state index contributed by atoms with van der Waals surface area (Å²) in [5.74, 6) is 1.65. The lowest BCUT2D eigenvalue weighted by molar-refractivity contribution is -0.141. The molecule has 0 aliphatic heterocycles. The SMILES string of the molecule is C#CCNC(=O)c1ccc(C(F)(F)F)nc1C. The molecule has 1 amide bonds. The Labute approximate surface area is 96.0 Å². The van der Waals surface area contributed by atoms with Gasteiger partial charge in [0.15, 0.2) is 0 Å². The van der Waals surface area contributed by atoms with Gasteiger partial charge in [-0.3, -0.25) is 4.79 Å². The van der Waals surface area contributed by atoms with E-state index in [0.717, 1.165) is 12.1 Å². The highest BCUT2D eigenvalue weighted by Crippen LogP contribution is 2.28. The van der Waals surface area contributed by atoms with Gasteiger partial charge in [0.25, 0.3) is 5.91 Å². The molecule has 0 bridgehead atoms. The van der Waals surface area contributed by atoms with E-state index in [1.165, 1.54) is 6.92 Å². The molecule has 1 aromatic rings. The Morgan fingerprint density at radius 2 is 2.18 bits per heavy atom. The van der Waals surface area contributed by atoms with Crippen molar-refractivity contribution in [2.75, 3.05) is 6.54 Å². The van der Waals surface area contributed by atoms with Gasteiger partial charge in [-0.15, -0.1) is 6.42 Å². The topological polar surface area (TPSA) is 42.0 Å². The fourth-order valence-electron chi connectivity index (χ4n) is 1.19. The van der Waals surface area contributed by atoms with Gasteiger partial charge in [-0.25, -0.2) is 4.98 Å². The number of hydrogen-bond acceptors (Lipinski definition) is 2. The molecular formula is C11H9F3N2O. The van der Waals surface area contributed by atoms with Crippen LogP contribution in [0.4, 0.5) is 13.2 Å². The molecule has 0 aromatic carbocycles. The normalized spacial score (nSPS) is 10.8. The van der Waals surface area contributed by atoms with Crippen LogP contribution in [0.1, 0.15) is 21.7 Å². The average Bonchev–Trinajstić information content (AvgIpc) is 2.24. The van der Waals surface area contributed by atoms with Crippen LogP contribution in [-0.2, 0) is 6.18 Å². The first-order valence-corrected chi connectivity index (χ1v) is 4.62. The lowest BCUT2D eigenvalue weighted by Gasteiger charge is -2.09. The van der Waals surface area contributed by atoms with Gasteiger partial charge in [0.05, 0.1) is 17.8 Å². The number of nitrogens with zero attached hydrogens (tertiary/aromatic N) is 1. The van der Waals surface area contributed by atoms with Crippen LogP contribution >= 0.6 is 0 Å². The number of halogens is 3. The fraction of sp³-hybridized carbons (Fsp3) is 0.273. The molecule has 1 aromatic heterocycles. The average molecular weight is 242 g/mol. The summed E-state index contributed by atoms with van der Waals surface area (Å²) in [4.78, 5) is 14.8. The molecule has 1 rings (SSSR count). The second kappa shape index (κ2) is 4.87. The van der Waals surface area contributed by atoms with E-state index in [2.05, 4.69) is 16.2 Å². The zero-order valence-corrected chi connectivity index (χ0v) is 8.93. The number of carbonyl (C=O) groups excluding carboxylic acids is 1. The van der Waals surface area contributed by atoms with E-state index in [1.807, 2.05) is 0 Å². The van der Waals surface area contributed by atoms with E-state index in [9.17, 15) is 18.0 Å². The lowest BCUT2D eigenvalue weighted by Crippen LogP contribution is -2.25. The van der Waals surface area contributed by atoms with E-state index in [1.54, 1.807) is 0 Å². The number of amides is 1. The molecule has 6 heteroatoms. The Morgan fingerprint density at radius 3 is 2.65 bits per heavy atom. The van der Waals surface area contributed by atoms with Crippen LogP contribution in [0.3, 0.4) is 0 Å².